The first kappa shape index (κ1) is 36.0. The van der Waals surface area contributed by atoms with Crippen molar-refractivity contribution in [1.82, 2.24) is 19.1 Å². The molecule has 6 nitrogen and oxygen atoms in total. The first-order valence-electron chi connectivity index (χ1n) is 21.9. The molecule has 1 aliphatic rings. The Morgan fingerprint density at radius 2 is 0.815 bits per heavy atom. The van der Waals surface area contributed by atoms with E-state index in [1.807, 2.05) is 23.7 Å². The molecule has 0 N–H and O–H groups in total. The minimum atomic E-state index is 0.612. The first-order valence-corrected chi connectivity index (χ1v) is 22.7. The van der Waals surface area contributed by atoms with Crippen LogP contribution in [0.1, 0.15) is 0 Å². The average molecular weight is 849 g/mol. The molecular formula is C58H36N6S. The number of para-hydroxylation sites is 7. The van der Waals surface area contributed by atoms with Crippen molar-refractivity contribution in [2.75, 3.05) is 9.80 Å². The number of aromatic nitrogens is 4. The second-order valence-electron chi connectivity index (χ2n) is 16.6. The Bertz CT molecular complexity index is 3970. The van der Waals surface area contributed by atoms with E-state index >= 15 is 0 Å². The SMILES string of the molecule is c1ccc(N2c3ccccc3N(c3cnc(-n4c5ccccc5c5ccc6c7ccccc7n(-c7ccc(-c8ccc9sc%10ccccc%10c9c8)cc7)c6c54)nc3)c3ccccc32)cc1. The largest absolute Gasteiger partial charge is 0.307 e. The summed E-state index contributed by atoms with van der Waals surface area (Å²) in [6.45, 7) is 0. The first-order chi connectivity index (χ1) is 32.3. The van der Waals surface area contributed by atoms with Gasteiger partial charge in [-0.25, -0.2) is 9.97 Å². The normalized spacial score (nSPS) is 12.6. The number of fused-ring (bicyclic) bond motifs is 12. The summed E-state index contributed by atoms with van der Waals surface area (Å²) in [6.07, 6.45) is 3.94. The fourth-order valence-corrected chi connectivity index (χ4v) is 11.4. The Morgan fingerprint density at radius 3 is 1.46 bits per heavy atom. The van der Waals surface area contributed by atoms with Crippen LogP contribution >= 0.6 is 11.3 Å². The maximum Gasteiger partial charge on any atom is 0.234 e. The Labute approximate surface area is 377 Å². The van der Waals surface area contributed by atoms with Crippen LogP contribution in [-0.2, 0) is 0 Å². The zero-order valence-corrected chi connectivity index (χ0v) is 35.7. The van der Waals surface area contributed by atoms with Crippen LogP contribution in [-0.4, -0.2) is 19.1 Å². The molecule has 0 aliphatic carbocycles. The molecule has 4 aromatic heterocycles. The number of thiophene rings is 1. The summed E-state index contributed by atoms with van der Waals surface area (Å²) in [6, 6.07) is 74.2. The molecule has 14 rings (SSSR count). The zero-order valence-electron chi connectivity index (χ0n) is 34.9. The molecule has 5 heterocycles. The van der Waals surface area contributed by atoms with E-state index in [4.69, 9.17) is 9.97 Å². The highest BCUT2D eigenvalue weighted by Gasteiger charge is 2.31. The van der Waals surface area contributed by atoms with Crippen molar-refractivity contribution >= 4 is 109 Å². The smallest absolute Gasteiger partial charge is 0.234 e. The lowest BCUT2D eigenvalue weighted by molar-refractivity contribution is 0.981. The lowest BCUT2D eigenvalue weighted by Crippen LogP contribution is -2.24. The van der Waals surface area contributed by atoms with Crippen LogP contribution in [0.25, 0.3) is 86.5 Å². The number of hydrogen-bond acceptors (Lipinski definition) is 5. The van der Waals surface area contributed by atoms with Crippen LogP contribution < -0.4 is 9.80 Å². The molecule has 7 heteroatoms. The molecule has 0 amide bonds. The van der Waals surface area contributed by atoms with Gasteiger partial charge in [-0.15, -0.1) is 11.3 Å². The Morgan fingerprint density at radius 1 is 0.323 bits per heavy atom. The molecule has 0 fully saturated rings. The number of hydrogen-bond donors (Lipinski definition) is 0. The molecule has 0 saturated carbocycles. The summed E-state index contributed by atoms with van der Waals surface area (Å²) in [5, 5.41) is 7.30. The zero-order chi connectivity index (χ0) is 42.6. The van der Waals surface area contributed by atoms with Crippen LogP contribution in [0.4, 0.5) is 34.1 Å². The van der Waals surface area contributed by atoms with Gasteiger partial charge in [0.25, 0.3) is 0 Å². The van der Waals surface area contributed by atoms with E-state index in [1.54, 1.807) is 0 Å². The van der Waals surface area contributed by atoms with Crippen molar-refractivity contribution in [2.24, 2.45) is 0 Å². The predicted molar refractivity (Wildman–Crippen MR) is 272 cm³/mol. The van der Waals surface area contributed by atoms with Crippen LogP contribution in [0.15, 0.2) is 219 Å². The quantitative estimate of drug-likeness (QED) is 0.173. The van der Waals surface area contributed by atoms with Gasteiger partial charge in [-0.1, -0.05) is 127 Å². The summed E-state index contributed by atoms with van der Waals surface area (Å²) in [5.74, 6) is 0.612. The summed E-state index contributed by atoms with van der Waals surface area (Å²) < 4.78 is 7.32. The molecule has 9 aromatic carbocycles. The minimum absolute atomic E-state index is 0.612. The van der Waals surface area contributed by atoms with Gasteiger partial charge in [0.15, 0.2) is 0 Å². The van der Waals surface area contributed by atoms with E-state index in [-0.39, 0.29) is 0 Å². The summed E-state index contributed by atoms with van der Waals surface area (Å²) in [5.41, 5.74) is 14.2. The second kappa shape index (κ2) is 14.0. The molecule has 0 radical (unpaired) electrons. The van der Waals surface area contributed by atoms with Gasteiger partial charge in [-0.05, 0) is 90.0 Å². The number of rotatable bonds is 5. The van der Waals surface area contributed by atoms with E-state index in [9.17, 15) is 0 Å². The van der Waals surface area contributed by atoms with Crippen LogP contribution in [0.3, 0.4) is 0 Å². The number of nitrogens with zero attached hydrogens (tertiary/aromatic N) is 6. The maximum atomic E-state index is 5.25. The van der Waals surface area contributed by atoms with E-state index in [2.05, 4.69) is 225 Å². The standard InChI is InChI=1S/C58H36N6S/c1-2-14-39(15-3-1)61-50-21-9-11-23-52(50)62(53-24-12-10-22-51(53)61)41-35-59-58(60-36-41)64-49-20-8-5-17-43(49)46-32-31-45-42-16-4-7-19-48(42)63(56(45)57(46)64)40-29-26-37(27-30-40)38-28-33-55-47(34-38)44-18-6-13-25-54(44)65-55/h1-36H. The highest BCUT2D eigenvalue weighted by Crippen LogP contribution is 2.54. The van der Waals surface area contributed by atoms with Gasteiger partial charge in [0.05, 0.1) is 62.9 Å². The average Bonchev–Trinajstić information content (AvgIpc) is 4.04. The topological polar surface area (TPSA) is 42.1 Å². The van der Waals surface area contributed by atoms with E-state index in [1.165, 1.54) is 42.1 Å². The second-order valence-corrected chi connectivity index (χ2v) is 17.7. The van der Waals surface area contributed by atoms with Crippen molar-refractivity contribution < 1.29 is 0 Å². The molecule has 304 valence electrons. The molecule has 65 heavy (non-hydrogen) atoms. The van der Waals surface area contributed by atoms with E-state index < -0.39 is 0 Å². The molecule has 0 saturated heterocycles. The van der Waals surface area contributed by atoms with Crippen molar-refractivity contribution in [3.05, 3.63) is 219 Å². The number of anilines is 6. The highest BCUT2D eigenvalue weighted by molar-refractivity contribution is 7.25. The van der Waals surface area contributed by atoms with Gasteiger partial charge in [0.1, 0.15) is 0 Å². The lowest BCUT2D eigenvalue weighted by atomic mass is 10.0. The van der Waals surface area contributed by atoms with Crippen molar-refractivity contribution in [1.29, 1.82) is 0 Å². The van der Waals surface area contributed by atoms with Gasteiger partial charge < -0.3 is 14.4 Å². The molecule has 0 spiro atoms. The molecule has 0 atom stereocenters. The van der Waals surface area contributed by atoms with Gasteiger partial charge in [0, 0.05) is 53.1 Å². The van der Waals surface area contributed by atoms with Crippen molar-refractivity contribution in [3.63, 3.8) is 0 Å². The van der Waals surface area contributed by atoms with Gasteiger partial charge >= 0.3 is 0 Å². The van der Waals surface area contributed by atoms with E-state index in [0.717, 1.165) is 72.7 Å². The third-order valence-corrected chi connectivity index (χ3v) is 14.3. The van der Waals surface area contributed by atoms with Crippen molar-refractivity contribution in [3.8, 4) is 22.8 Å². The monoisotopic (exact) mass is 848 g/mol. The fraction of sp³-hybridized carbons (Fsp3) is 0. The third kappa shape index (κ3) is 5.33. The molecule has 0 bridgehead atoms. The van der Waals surface area contributed by atoms with Gasteiger partial charge in [-0.2, -0.15) is 0 Å². The van der Waals surface area contributed by atoms with E-state index in [0.29, 0.717) is 5.95 Å². The van der Waals surface area contributed by atoms with Gasteiger partial charge in [0.2, 0.25) is 5.95 Å². The molecule has 1 aliphatic heterocycles. The summed E-state index contributed by atoms with van der Waals surface area (Å²) >= 11 is 1.85. The maximum absolute atomic E-state index is 5.25. The van der Waals surface area contributed by atoms with Crippen LogP contribution in [0, 0.1) is 0 Å². The Balaban J connectivity index is 0.939. The minimum Gasteiger partial charge on any atom is -0.307 e. The van der Waals surface area contributed by atoms with Crippen molar-refractivity contribution in [2.45, 2.75) is 0 Å². The number of benzene rings is 9. The Kier molecular flexibility index (Phi) is 7.75. The summed E-state index contributed by atoms with van der Waals surface area (Å²) in [4.78, 5) is 15.1. The highest BCUT2D eigenvalue weighted by atomic mass is 32.1. The molecule has 13 aromatic rings. The lowest BCUT2D eigenvalue weighted by Gasteiger charge is -2.40. The fourth-order valence-electron chi connectivity index (χ4n) is 10.3. The summed E-state index contributed by atoms with van der Waals surface area (Å²) in [7, 11) is 0. The molecular weight excluding hydrogens is 813 g/mol. The van der Waals surface area contributed by atoms with Gasteiger partial charge in [-0.3, -0.25) is 4.57 Å². The third-order valence-electron chi connectivity index (χ3n) is 13.1. The molecule has 0 unspecified atom stereocenters. The predicted octanol–water partition coefficient (Wildman–Crippen LogP) is 16.0. The Hall–Kier alpha value is -8.52. The van der Waals surface area contributed by atoms with Crippen LogP contribution in [0.5, 0.6) is 0 Å². The van der Waals surface area contributed by atoms with Crippen LogP contribution in [0.2, 0.25) is 0 Å².